The third-order valence-corrected chi connectivity index (χ3v) is 5.09. The van der Waals surface area contributed by atoms with Gasteiger partial charge in [-0.15, -0.1) is 0 Å². The van der Waals surface area contributed by atoms with E-state index >= 15 is 0 Å². The van der Waals surface area contributed by atoms with Crippen LogP contribution in [0.25, 0.3) is 6.08 Å². The molecule has 2 rings (SSSR count). The number of rotatable bonds is 9. The summed E-state index contributed by atoms with van der Waals surface area (Å²) in [5.41, 5.74) is 2.29. The lowest BCUT2D eigenvalue weighted by atomic mass is 10.1. The van der Waals surface area contributed by atoms with Crippen LogP contribution < -0.4 is 24.3 Å². The first-order valence-electron chi connectivity index (χ1n) is 9.06. The molecule has 6 nitrogen and oxygen atoms in total. The van der Waals surface area contributed by atoms with Crippen LogP contribution >= 0.6 is 15.9 Å². The lowest BCUT2D eigenvalue weighted by Gasteiger charge is -2.14. The zero-order valence-corrected chi connectivity index (χ0v) is 18.9. The number of hydrogen-bond acceptors (Lipinski definition) is 5. The Balaban J connectivity index is 2.15. The van der Waals surface area contributed by atoms with E-state index in [2.05, 4.69) is 21.2 Å². The van der Waals surface area contributed by atoms with Crippen molar-refractivity contribution in [1.29, 1.82) is 0 Å². The second kappa shape index (κ2) is 10.8. The maximum absolute atomic E-state index is 12.7. The monoisotopic (exact) mass is 463 g/mol. The molecule has 1 N–H and O–H groups in total. The van der Waals surface area contributed by atoms with Gasteiger partial charge in [-0.3, -0.25) is 4.79 Å². The third kappa shape index (κ3) is 5.44. The molecule has 0 heterocycles. The van der Waals surface area contributed by atoms with Gasteiger partial charge in [0, 0.05) is 22.1 Å². The summed E-state index contributed by atoms with van der Waals surface area (Å²) in [6.07, 6.45) is 4.38. The summed E-state index contributed by atoms with van der Waals surface area (Å²) in [5.74, 6) is 2.21. The van der Waals surface area contributed by atoms with Gasteiger partial charge in [0.15, 0.2) is 23.0 Å². The Hall–Kier alpha value is -2.67. The number of carbonyl (C=O) groups is 1. The molecule has 7 heteroatoms. The minimum Gasteiger partial charge on any atom is -0.493 e. The molecule has 0 aliphatic carbocycles. The van der Waals surface area contributed by atoms with E-state index < -0.39 is 0 Å². The van der Waals surface area contributed by atoms with Crippen molar-refractivity contribution in [2.45, 2.75) is 13.3 Å². The maximum atomic E-state index is 12.7. The molecule has 0 fully saturated rings. The molecular formula is C22H26BrNO5. The molecule has 0 saturated carbocycles. The summed E-state index contributed by atoms with van der Waals surface area (Å²) < 4.78 is 22.3. The van der Waals surface area contributed by atoms with Crippen molar-refractivity contribution in [1.82, 2.24) is 5.32 Å². The van der Waals surface area contributed by atoms with E-state index in [9.17, 15) is 4.79 Å². The summed E-state index contributed by atoms with van der Waals surface area (Å²) >= 11 is 3.54. The maximum Gasteiger partial charge on any atom is 0.251 e. The van der Waals surface area contributed by atoms with Gasteiger partial charge in [0.1, 0.15) is 0 Å². The first kappa shape index (κ1) is 22.6. The molecule has 29 heavy (non-hydrogen) atoms. The van der Waals surface area contributed by atoms with Crippen molar-refractivity contribution in [3.05, 3.63) is 51.5 Å². The number of nitrogens with one attached hydrogen (secondary N) is 1. The summed E-state index contributed by atoms with van der Waals surface area (Å²) in [7, 11) is 6.31. The van der Waals surface area contributed by atoms with Crippen LogP contribution in [0.5, 0.6) is 23.0 Å². The lowest BCUT2D eigenvalue weighted by Crippen LogP contribution is -2.26. The number of carbonyl (C=O) groups excluding carboxylic acids is 1. The van der Waals surface area contributed by atoms with Crippen molar-refractivity contribution in [2.75, 3.05) is 35.0 Å². The van der Waals surface area contributed by atoms with E-state index in [0.29, 0.717) is 41.5 Å². The Kier molecular flexibility index (Phi) is 8.39. The smallest absolute Gasteiger partial charge is 0.251 e. The molecule has 0 unspecified atom stereocenters. The normalized spacial score (nSPS) is 10.7. The minimum absolute atomic E-state index is 0.187. The minimum atomic E-state index is -0.187. The van der Waals surface area contributed by atoms with E-state index in [-0.39, 0.29) is 5.91 Å². The van der Waals surface area contributed by atoms with Crippen molar-refractivity contribution in [3.63, 3.8) is 0 Å². The summed E-state index contributed by atoms with van der Waals surface area (Å²) in [5, 5.41) is 2.95. The van der Waals surface area contributed by atoms with E-state index in [1.54, 1.807) is 40.6 Å². The van der Waals surface area contributed by atoms with Crippen molar-refractivity contribution < 1.29 is 23.7 Å². The highest BCUT2D eigenvalue weighted by Crippen LogP contribution is 2.34. The van der Waals surface area contributed by atoms with Crippen LogP contribution in [-0.2, 0) is 6.42 Å². The van der Waals surface area contributed by atoms with E-state index in [0.717, 1.165) is 15.6 Å². The molecule has 0 atom stereocenters. The van der Waals surface area contributed by atoms with Crippen LogP contribution in [0.3, 0.4) is 0 Å². The van der Waals surface area contributed by atoms with Crippen LogP contribution in [-0.4, -0.2) is 40.9 Å². The van der Waals surface area contributed by atoms with Crippen molar-refractivity contribution >= 4 is 27.9 Å². The molecule has 0 aliphatic heterocycles. The standard InChI is InChI=1S/C22H26BrNO5/c1-6-7-15-10-16(12-20(28-4)21(15)29-5)22(25)24-9-8-14-11-18(26-2)19(27-3)13-17(14)23/h6-7,10-13H,8-9H2,1-5H3,(H,24,25)/b7-6+. The Bertz CT molecular complexity index is 895. The van der Waals surface area contributed by atoms with E-state index in [4.69, 9.17) is 18.9 Å². The SMILES string of the molecule is C/C=C/c1cc(C(=O)NCCc2cc(OC)c(OC)cc2Br)cc(OC)c1OC. The van der Waals surface area contributed by atoms with E-state index in [1.165, 1.54) is 0 Å². The second-order valence-electron chi connectivity index (χ2n) is 6.11. The van der Waals surface area contributed by atoms with Gasteiger partial charge in [-0.1, -0.05) is 28.1 Å². The average molecular weight is 464 g/mol. The van der Waals surface area contributed by atoms with Gasteiger partial charge in [0.25, 0.3) is 5.91 Å². The fourth-order valence-corrected chi connectivity index (χ4v) is 3.45. The largest absolute Gasteiger partial charge is 0.493 e. The fraction of sp³-hybridized carbons (Fsp3) is 0.318. The molecule has 0 aromatic heterocycles. The second-order valence-corrected chi connectivity index (χ2v) is 6.96. The van der Waals surface area contributed by atoms with Crippen LogP contribution in [0, 0.1) is 0 Å². The van der Waals surface area contributed by atoms with Gasteiger partial charge in [-0.25, -0.2) is 0 Å². The Morgan fingerprint density at radius 2 is 1.62 bits per heavy atom. The average Bonchev–Trinajstić information content (AvgIpc) is 2.73. The summed E-state index contributed by atoms with van der Waals surface area (Å²) in [6, 6.07) is 7.21. The number of methoxy groups -OCH3 is 4. The van der Waals surface area contributed by atoms with Crippen LogP contribution in [0.1, 0.15) is 28.4 Å². The van der Waals surface area contributed by atoms with E-state index in [1.807, 2.05) is 31.2 Å². The number of benzene rings is 2. The number of ether oxygens (including phenoxy) is 4. The predicted molar refractivity (Wildman–Crippen MR) is 118 cm³/mol. The third-order valence-electron chi connectivity index (χ3n) is 4.35. The molecule has 0 saturated heterocycles. The molecule has 156 valence electrons. The van der Waals surface area contributed by atoms with Gasteiger partial charge in [0.2, 0.25) is 0 Å². The summed E-state index contributed by atoms with van der Waals surface area (Å²) in [6.45, 7) is 2.36. The molecule has 0 spiro atoms. The van der Waals surface area contributed by atoms with Gasteiger partial charge in [-0.2, -0.15) is 0 Å². The first-order chi connectivity index (χ1) is 14.0. The Morgan fingerprint density at radius 1 is 0.966 bits per heavy atom. The van der Waals surface area contributed by atoms with Gasteiger partial charge in [-0.05, 0) is 43.2 Å². The Morgan fingerprint density at radius 3 is 2.21 bits per heavy atom. The number of hydrogen-bond donors (Lipinski definition) is 1. The highest BCUT2D eigenvalue weighted by atomic mass is 79.9. The lowest BCUT2D eigenvalue weighted by molar-refractivity contribution is 0.0953. The molecule has 0 aliphatic rings. The van der Waals surface area contributed by atoms with Crippen LogP contribution in [0.2, 0.25) is 0 Å². The van der Waals surface area contributed by atoms with Crippen molar-refractivity contribution in [3.8, 4) is 23.0 Å². The number of halogens is 1. The fourth-order valence-electron chi connectivity index (χ4n) is 2.93. The van der Waals surface area contributed by atoms with Crippen LogP contribution in [0.4, 0.5) is 0 Å². The molecule has 2 aromatic carbocycles. The zero-order chi connectivity index (χ0) is 21.4. The first-order valence-corrected chi connectivity index (χ1v) is 9.85. The van der Waals surface area contributed by atoms with Gasteiger partial charge < -0.3 is 24.3 Å². The zero-order valence-electron chi connectivity index (χ0n) is 17.3. The molecular weight excluding hydrogens is 438 g/mol. The topological polar surface area (TPSA) is 66.0 Å². The molecule has 0 bridgehead atoms. The van der Waals surface area contributed by atoms with Gasteiger partial charge in [0.05, 0.1) is 28.4 Å². The van der Waals surface area contributed by atoms with Gasteiger partial charge >= 0.3 is 0 Å². The van der Waals surface area contributed by atoms with Crippen LogP contribution in [0.15, 0.2) is 34.8 Å². The number of allylic oxidation sites excluding steroid dienone is 1. The predicted octanol–water partition coefficient (Wildman–Crippen LogP) is 4.49. The highest BCUT2D eigenvalue weighted by molar-refractivity contribution is 9.10. The highest BCUT2D eigenvalue weighted by Gasteiger charge is 2.15. The summed E-state index contributed by atoms with van der Waals surface area (Å²) in [4.78, 5) is 12.7. The number of amides is 1. The van der Waals surface area contributed by atoms with Crippen molar-refractivity contribution in [2.24, 2.45) is 0 Å². The Labute approximate surface area is 179 Å². The molecule has 1 amide bonds. The quantitative estimate of drug-likeness (QED) is 0.593. The molecule has 2 aromatic rings. The molecule has 0 radical (unpaired) electrons.